The zero-order valence-corrected chi connectivity index (χ0v) is 16.8. The number of carbonyl (C=O) groups is 1. The smallest absolute Gasteiger partial charge is 0.417 e. The molecule has 4 nitrogen and oxygen atoms in total. The van der Waals surface area contributed by atoms with Gasteiger partial charge in [0.05, 0.1) is 29.7 Å². The first kappa shape index (κ1) is 22.4. The van der Waals surface area contributed by atoms with Gasteiger partial charge in [-0.3, -0.25) is 9.69 Å². The van der Waals surface area contributed by atoms with Gasteiger partial charge in [-0.05, 0) is 61.3 Å². The average Bonchev–Trinajstić information content (AvgIpc) is 2.69. The normalized spacial score (nSPS) is 17.0. The van der Waals surface area contributed by atoms with Gasteiger partial charge in [0.25, 0.3) is 0 Å². The molecule has 1 fully saturated rings. The topological polar surface area (TPSA) is 49.8 Å². The molecule has 0 aromatic heterocycles. The number of rotatable bonds is 5. The first-order chi connectivity index (χ1) is 14.1. The largest absolute Gasteiger partial charge is 0.494 e. The van der Waals surface area contributed by atoms with Crippen LogP contribution in [0.1, 0.15) is 35.6 Å². The van der Waals surface area contributed by atoms with E-state index in [2.05, 4.69) is 0 Å². The standard InChI is InChI=1S/C21H20ClF4NO3/c1-30-18-5-3-14(11-17(18)23)19(27-8-6-12(7-9-27)20(28)29)13-2-4-16(22)15(10-13)21(24,25)26/h2-5,10-12,19H,6-9H2,1H3,(H,28,29). The number of halogens is 5. The maximum atomic E-state index is 14.4. The van der Waals surface area contributed by atoms with E-state index in [9.17, 15) is 27.5 Å². The van der Waals surface area contributed by atoms with Crippen molar-refractivity contribution in [3.05, 3.63) is 63.9 Å². The van der Waals surface area contributed by atoms with E-state index in [1.165, 1.54) is 31.4 Å². The second-order valence-corrected chi connectivity index (χ2v) is 7.59. The fourth-order valence-electron chi connectivity index (χ4n) is 3.80. The Kier molecular flexibility index (Phi) is 6.57. The molecule has 1 aliphatic rings. The number of carboxylic acids is 1. The van der Waals surface area contributed by atoms with Crippen LogP contribution in [0.4, 0.5) is 17.6 Å². The van der Waals surface area contributed by atoms with Crippen LogP contribution in [0, 0.1) is 11.7 Å². The van der Waals surface area contributed by atoms with Crippen LogP contribution in [-0.4, -0.2) is 36.2 Å². The minimum atomic E-state index is -4.64. The average molecular weight is 446 g/mol. The van der Waals surface area contributed by atoms with E-state index in [4.69, 9.17) is 16.3 Å². The van der Waals surface area contributed by atoms with Crippen LogP contribution in [0.5, 0.6) is 5.75 Å². The number of methoxy groups -OCH3 is 1. The van der Waals surface area contributed by atoms with Gasteiger partial charge in [-0.25, -0.2) is 4.39 Å². The summed E-state index contributed by atoms with van der Waals surface area (Å²) in [5, 5.41) is 8.81. The summed E-state index contributed by atoms with van der Waals surface area (Å²) in [6.45, 7) is 0.693. The van der Waals surface area contributed by atoms with Crippen molar-refractivity contribution in [1.82, 2.24) is 4.90 Å². The number of likely N-dealkylation sites (tertiary alicyclic amines) is 1. The monoisotopic (exact) mass is 445 g/mol. The first-order valence-corrected chi connectivity index (χ1v) is 9.66. The number of nitrogens with zero attached hydrogens (tertiary/aromatic N) is 1. The van der Waals surface area contributed by atoms with Gasteiger partial charge in [-0.2, -0.15) is 13.2 Å². The quantitative estimate of drug-likeness (QED) is 0.627. The molecule has 2 aromatic carbocycles. The highest BCUT2D eigenvalue weighted by Gasteiger charge is 2.36. The van der Waals surface area contributed by atoms with Gasteiger partial charge >= 0.3 is 12.1 Å². The third-order valence-electron chi connectivity index (χ3n) is 5.35. The van der Waals surface area contributed by atoms with E-state index in [0.29, 0.717) is 37.1 Å². The highest BCUT2D eigenvalue weighted by atomic mass is 35.5. The maximum absolute atomic E-state index is 14.4. The van der Waals surface area contributed by atoms with Crippen LogP contribution in [0.2, 0.25) is 5.02 Å². The van der Waals surface area contributed by atoms with Crippen LogP contribution < -0.4 is 4.74 Å². The molecule has 3 rings (SSSR count). The molecule has 1 atom stereocenters. The van der Waals surface area contributed by atoms with Gasteiger partial charge < -0.3 is 9.84 Å². The molecule has 0 aliphatic carbocycles. The molecule has 1 saturated heterocycles. The van der Waals surface area contributed by atoms with Crippen LogP contribution in [-0.2, 0) is 11.0 Å². The van der Waals surface area contributed by atoms with Crippen molar-refractivity contribution in [3.8, 4) is 5.75 Å². The van der Waals surface area contributed by atoms with Gasteiger partial charge in [0.1, 0.15) is 0 Å². The van der Waals surface area contributed by atoms with Gasteiger partial charge in [-0.15, -0.1) is 0 Å². The molecule has 9 heteroatoms. The van der Waals surface area contributed by atoms with Crippen molar-refractivity contribution < 1.29 is 32.2 Å². The lowest BCUT2D eigenvalue weighted by molar-refractivity contribution is -0.143. The predicted octanol–water partition coefficient (Wildman–Crippen LogP) is 5.39. The Balaban J connectivity index is 2.05. The van der Waals surface area contributed by atoms with Crippen LogP contribution in [0.3, 0.4) is 0 Å². The van der Waals surface area contributed by atoms with Gasteiger partial charge in [0.2, 0.25) is 0 Å². The summed E-state index contributed by atoms with van der Waals surface area (Å²) in [6.07, 6.45) is -3.94. The second kappa shape index (κ2) is 8.81. The third kappa shape index (κ3) is 4.70. The van der Waals surface area contributed by atoms with Crippen molar-refractivity contribution in [1.29, 1.82) is 0 Å². The summed E-state index contributed by atoms with van der Waals surface area (Å²) in [6, 6.07) is 7.18. The first-order valence-electron chi connectivity index (χ1n) is 9.28. The van der Waals surface area contributed by atoms with Crippen LogP contribution in [0.25, 0.3) is 0 Å². The molecule has 30 heavy (non-hydrogen) atoms. The molecular weight excluding hydrogens is 426 g/mol. The fourth-order valence-corrected chi connectivity index (χ4v) is 4.03. The summed E-state index contributed by atoms with van der Waals surface area (Å²) in [5.41, 5.74) is -0.233. The molecule has 1 aliphatic heterocycles. The van der Waals surface area contributed by atoms with E-state index in [-0.39, 0.29) is 5.75 Å². The molecule has 0 saturated carbocycles. The van der Waals surface area contributed by atoms with Crippen molar-refractivity contribution in [3.63, 3.8) is 0 Å². The lowest BCUT2D eigenvalue weighted by Gasteiger charge is -2.37. The summed E-state index contributed by atoms with van der Waals surface area (Å²) in [5.74, 6) is -2.02. The SMILES string of the molecule is COc1ccc(C(c2ccc(Cl)c(C(F)(F)F)c2)N2CCC(C(=O)O)CC2)cc1F. The maximum Gasteiger partial charge on any atom is 0.417 e. The van der Waals surface area contributed by atoms with Crippen molar-refractivity contribution in [2.24, 2.45) is 5.92 Å². The Hall–Kier alpha value is -2.32. The highest BCUT2D eigenvalue weighted by molar-refractivity contribution is 6.31. The van der Waals surface area contributed by atoms with Gasteiger partial charge in [0, 0.05) is 0 Å². The highest BCUT2D eigenvalue weighted by Crippen LogP contribution is 2.40. The number of hydrogen-bond donors (Lipinski definition) is 1. The molecule has 1 heterocycles. The fraction of sp³-hybridized carbons (Fsp3) is 0.381. The van der Waals surface area contributed by atoms with E-state index in [1.807, 2.05) is 4.90 Å². The summed E-state index contributed by atoms with van der Waals surface area (Å²) in [4.78, 5) is 13.1. The van der Waals surface area contributed by atoms with E-state index < -0.39 is 40.5 Å². The lowest BCUT2D eigenvalue weighted by atomic mass is 9.90. The Morgan fingerprint density at radius 1 is 1.17 bits per heavy atom. The number of piperidine rings is 1. The van der Waals surface area contributed by atoms with Crippen molar-refractivity contribution in [2.75, 3.05) is 20.2 Å². The minimum absolute atomic E-state index is 0.0224. The van der Waals surface area contributed by atoms with Crippen molar-refractivity contribution in [2.45, 2.75) is 25.1 Å². The van der Waals surface area contributed by atoms with Crippen LogP contribution in [0.15, 0.2) is 36.4 Å². The molecule has 162 valence electrons. The van der Waals surface area contributed by atoms with Crippen LogP contribution >= 0.6 is 11.6 Å². The molecule has 0 amide bonds. The summed E-state index contributed by atoms with van der Waals surface area (Å²) >= 11 is 5.76. The third-order valence-corrected chi connectivity index (χ3v) is 5.68. The van der Waals surface area contributed by atoms with Gasteiger partial charge in [-0.1, -0.05) is 23.7 Å². The number of alkyl halides is 3. The molecular formula is C21H20ClF4NO3. The zero-order valence-electron chi connectivity index (χ0n) is 16.0. The molecule has 2 aromatic rings. The molecule has 1 N–H and O–H groups in total. The van der Waals surface area contributed by atoms with E-state index >= 15 is 0 Å². The number of benzene rings is 2. The summed E-state index contributed by atoms with van der Waals surface area (Å²) < 4.78 is 59.5. The number of carboxylic acid groups (broad SMARTS) is 1. The molecule has 1 unspecified atom stereocenters. The van der Waals surface area contributed by atoms with E-state index in [0.717, 1.165) is 6.07 Å². The van der Waals surface area contributed by atoms with Crippen molar-refractivity contribution >= 4 is 17.6 Å². The Morgan fingerprint density at radius 3 is 2.30 bits per heavy atom. The summed E-state index contributed by atoms with van der Waals surface area (Å²) in [7, 11) is 1.32. The Morgan fingerprint density at radius 2 is 1.77 bits per heavy atom. The minimum Gasteiger partial charge on any atom is -0.494 e. The van der Waals surface area contributed by atoms with Gasteiger partial charge in [0.15, 0.2) is 11.6 Å². The molecule has 0 bridgehead atoms. The Bertz CT molecular complexity index is 927. The van der Waals surface area contributed by atoms with E-state index in [1.54, 1.807) is 6.07 Å². The number of aliphatic carboxylic acids is 1. The lowest BCUT2D eigenvalue weighted by Crippen LogP contribution is -2.39. The molecule has 0 spiro atoms. The number of hydrogen-bond acceptors (Lipinski definition) is 3. The second-order valence-electron chi connectivity index (χ2n) is 7.18. The molecule has 0 radical (unpaired) electrons. The zero-order chi connectivity index (χ0) is 22.1. The Labute approximate surface area is 176 Å². The number of ether oxygens (including phenoxy) is 1. The predicted molar refractivity (Wildman–Crippen MR) is 103 cm³/mol.